The Morgan fingerprint density at radius 1 is 0.968 bits per heavy atom. The summed E-state index contributed by atoms with van der Waals surface area (Å²) >= 11 is 0. The smallest absolute Gasteiger partial charge is 0.315 e. The van der Waals surface area contributed by atoms with E-state index in [4.69, 9.17) is 9.47 Å². The number of hydrazine groups is 1. The van der Waals surface area contributed by atoms with E-state index in [0.717, 1.165) is 16.9 Å². The van der Waals surface area contributed by atoms with Crippen molar-refractivity contribution in [3.8, 4) is 5.75 Å². The second-order valence-corrected chi connectivity index (χ2v) is 7.38. The van der Waals surface area contributed by atoms with Crippen LogP contribution in [0.25, 0.3) is 0 Å². The molecule has 168 valence electrons. The van der Waals surface area contributed by atoms with Crippen LogP contribution in [0, 0.1) is 5.92 Å². The number of rotatable bonds is 12. The predicted molar refractivity (Wildman–Crippen MR) is 119 cm³/mol. The van der Waals surface area contributed by atoms with E-state index < -0.39 is 12.1 Å². The van der Waals surface area contributed by atoms with E-state index in [-0.39, 0.29) is 11.8 Å². The van der Waals surface area contributed by atoms with Crippen LogP contribution in [-0.2, 0) is 22.7 Å². The van der Waals surface area contributed by atoms with Crippen molar-refractivity contribution in [3.05, 3.63) is 65.7 Å². The van der Waals surface area contributed by atoms with E-state index in [0.29, 0.717) is 26.3 Å². The number of methoxy groups -OCH3 is 1. The number of carbonyl (C=O) groups excluding carboxylic acids is 2. The topological polar surface area (TPSA) is 101 Å². The van der Waals surface area contributed by atoms with Crippen molar-refractivity contribution in [2.45, 2.75) is 33.0 Å². The summed E-state index contributed by atoms with van der Waals surface area (Å²) in [5.74, 6) is 0.399. The van der Waals surface area contributed by atoms with E-state index in [2.05, 4.69) is 21.5 Å². The molecule has 8 heteroatoms. The van der Waals surface area contributed by atoms with Crippen molar-refractivity contribution in [2.24, 2.45) is 5.92 Å². The monoisotopic (exact) mass is 428 g/mol. The molecule has 4 N–H and O–H groups in total. The largest absolute Gasteiger partial charge is 0.489 e. The van der Waals surface area contributed by atoms with Crippen LogP contribution in [-0.4, -0.2) is 38.2 Å². The van der Waals surface area contributed by atoms with Crippen LogP contribution in [0.4, 0.5) is 4.79 Å². The Labute approximate surface area is 183 Å². The number of ether oxygens (including phenoxy) is 2. The first-order valence-electron chi connectivity index (χ1n) is 10.3. The molecule has 0 heterocycles. The molecule has 0 aliphatic rings. The van der Waals surface area contributed by atoms with Gasteiger partial charge in [0, 0.05) is 20.2 Å². The summed E-state index contributed by atoms with van der Waals surface area (Å²) < 4.78 is 10.7. The molecule has 0 saturated carbocycles. The lowest BCUT2D eigenvalue weighted by atomic mass is 10.0. The number of amides is 3. The maximum Gasteiger partial charge on any atom is 0.315 e. The highest BCUT2D eigenvalue weighted by atomic mass is 16.5. The highest BCUT2D eigenvalue weighted by Gasteiger charge is 2.23. The second-order valence-electron chi connectivity index (χ2n) is 7.38. The fourth-order valence-electron chi connectivity index (χ4n) is 2.75. The molecule has 0 spiro atoms. The van der Waals surface area contributed by atoms with E-state index >= 15 is 0 Å². The summed E-state index contributed by atoms with van der Waals surface area (Å²) in [6.07, 6.45) is 0. The van der Waals surface area contributed by atoms with Gasteiger partial charge in [-0.1, -0.05) is 56.3 Å². The molecular formula is C23H32N4O4. The minimum absolute atomic E-state index is 0.0731. The van der Waals surface area contributed by atoms with E-state index in [1.807, 2.05) is 68.4 Å². The highest BCUT2D eigenvalue weighted by Crippen LogP contribution is 2.14. The third kappa shape index (κ3) is 9.06. The number of hydrogen-bond donors (Lipinski definition) is 4. The lowest BCUT2D eigenvalue weighted by Gasteiger charge is -2.22. The first-order chi connectivity index (χ1) is 15.0. The maximum atomic E-state index is 12.5. The molecule has 0 unspecified atom stereocenters. The number of benzene rings is 2. The van der Waals surface area contributed by atoms with Crippen LogP contribution >= 0.6 is 0 Å². The lowest BCUT2D eigenvalue weighted by molar-refractivity contribution is -0.124. The van der Waals surface area contributed by atoms with Crippen LogP contribution < -0.4 is 26.2 Å². The van der Waals surface area contributed by atoms with Gasteiger partial charge < -0.3 is 20.1 Å². The molecular weight excluding hydrogens is 396 g/mol. The Balaban J connectivity index is 1.74. The highest BCUT2D eigenvalue weighted by molar-refractivity contribution is 5.86. The van der Waals surface area contributed by atoms with Crippen molar-refractivity contribution in [1.82, 2.24) is 21.5 Å². The molecule has 2 aromatic carbocycles. The molecule has 0 aromatic heterocycles. The van der Waals surface area contributed by atoms with Crippen molar-refractivity contribution in [3.63, 3.8) is 0 Å². The average molecular weight is 429 g/mol. The van der Waals surface area contributed by atoms with Crippen molar-refractivity contribution >= 4 is 11.9 Å². The van der Waals surface area contributed by atoms with Gasteiger partial charge in [-0.25, -0.2) is 10.2 Å². The van der Waals surface area contributed by atoms with Crippen molar-refractivity contribution in [2.75, 3.05) is 20.3 Å². The minimum atomic E-state index is -0.663. The van der Waals surface area contributed by atoms with Crippen LogP contribution in [0.1, 0.15) is 25.0 Å². The molecule has 1 atom stereocenters. The Hall–Kier alpha value is -3.10. The third-order valence-electron chi connectivity index (χ3n) is 4.50. The van der Waals surface area contributed by atoms with Crippen molar-refractivity contribution in [1.29, 1.82) is 0 Å². The molecule has 0 aliphatic heterocycles. The molecule has 31 heavy (non-hydrogen) atoms. The molecule has 2 aromatic rings. The molecule has 2 rings (SSSR count). The van der Waals surface area contributed by atoms with Gasteiger partial charge in [0.1, 0.15) is 18.4 Å². The van der Waals surface area contributed by atoms with Gasteiger partial charge in [-0.2, -0.15) is 0 Å². The molecule has 0 aliphatic carbocycles. The third-order valence-corrected chi connectivity index (χ3v) is 4.50. The molecule has 0 radical (unpaired) electrons. The molecule has 8 nitrogen and oxygen atoms in total. The lowest BCUT2D eigenvalue weighted by Crippen LogP contribution is -2.55. The minimum Gasteiger partial charge on any atom is -0.489 e. The normalized spacial score (nSPS) is 11.6. The summed E-state index contributed by atoms with van der Waals surface area (Å²) in [5, 5.41) is 5.33. The van der Waals surface area contributed by atoms with Crippen LogP contribution in [0.3, 0.4) is 0 Å². The summed E-state index contributed by atoms with van der Waals surface area (Å²) in [7, 11) is 1.56. The Kier molecular flexibility index (Phi) is 10.3. The maximum absolute atomic E-state index is 12.5. The van der Waals surface area contributed by atoms with Gasteiger partial charge in [0.15, 0.2) is 0 Å². The Morgan fingerprint density at radius 2 is 1.68 bits per heavy atom. The van der Waals surface area contributed by atoms with E-state index in [1.54, 1.807) is 7.11 Å². The molecule has 3 amide bonds. The van der Waals surface area contributed by atoms with Gasteiger partial charge in [-0.3, -0.25) is 10.2 Å². The first-order valence-corrected chi connectivity index (χ1v) is 10.3. The fraction of sp³-hybridized carbons (Fsp3) is 0.391. The standard InChI is InChI=1S/C23H32N4O4/c1-17(2)21(26-23(29)24-13-14-30-3)22(28)27-25-15-18-9-11-20(12-10-18)31-16-19-7-5-4-6-8-19/h4-12,17,21,25H,13-16H2,1-3H3,(H,27,28)(H2,24,26,29)/t21-/m0/s1. The zero-order valence-electron chi connectivity index (χ0n) is 18.3. The molecule has 0 bridgehead atoms. The van der Waals surface area contributed by atoms with Gasteiger partial charge in [-0.05, 0) is 29.2 Å². The van der Waals surface area contributed by atoms with Gasteiger partial charge in [-0.15, -0.1) is 0 Å². The first kappa shape index (κ1) is 24.2. The Bertz CT molecular complexity index is 797. The van der Waals surface area contributed by atoms with E-state index in [9.17, 15) is 9.59 Å². The van der Waals surface area contributed by atoms with Crippen LogP contribution in [0.5, 0.6) is 5.75 Å². The zero-order chi connectivity index (χ0) is 22.5. The number of carbonyl (C=O) groups is 2. The Morgan fingerprint density at radius 3 is 2.32 bits per heavy atom. The summed E-state index contributed by atoms with van der Waals surface area (Å²) in [6, 6.07) is 16.6. The fourth-order valence-corrected chi connectivity index (χ4v) is 2.75. The van der Waals surface area contributed by atoms with Gasteiger partial charge in [0.05, 0.1) is 6.61 Å². The summed E-state index contributed by atoms with van der Waals surface area (Å²) in [5.41, 5.74) is 7.66. The van der Waals surface area contributed by atoms with E-state index in [1.165, 1.54) is 0 Å². The quantitative estimate of drug-likeness (QED) is 0.307. The molecule has 0 saturated heterocycles. The second kappa shape index (κ2) is 13.3. The van der Waals surface area contributed by atoms with Gasteiger partial charge in [0.25, 0.3) is 5.91 Å². The number of urea groups is 1. The number of nitrogens with one attached hydrogen (secondary N) is 4. The van der Waals surface area contributed by atoms with Crippen LogP contribution in [0.15, 0.2) is 54.6 Å². The van der Waals surface area contributed by atoms with Gasteiger partial charge in [0.2, 0.25) is 0 Å². The van der Waals surface area contributed by atoms with Gasteiger partial charge >= 0.3 is 6.03 Å². The zero-order valence-corrected chi connectivity index (χ0v) is 18.3. The predicted octanol–water partition coefficient (Wildman–Crippen LogP) is 2.36. The van der Waals surface area contributed by atoms with Crippen molar-refractivity contribution < 1.29 is 19.1 Å². The summed E-state index contributed by atoms with van der Waals surface area (Å²) in [6.45, 7) is 5.47. The average Bonchev–Trinajstić information content (AvgIpc) is 2.77. The summed E-state index contributed by atoms with van der Waals surface area (Å²) in [4.78, 5) is 24.4. The molecule has 0 fully saturated rings. The SMILES string of the molecule is COCCNC(=O)N[C@H](C(=O)NNCc1ccc(OCc2ccccc2)cc1)C(C)C. The van der Waals surface area contributed by atoms with Crippen LogP contribution in [0.2, 0.25) is 0 Å². The number of hydrogen-bond acceptors (Lipinski definition) is 5.